The Balaban J connectivity index is 1.94. The Hall–Kier alpha value is -2.12. The Labute approximate surface area is 134 Å². The van der Waals surface area contributed by atoms with Gasteiger partial charge >= 0.3 is 12.1 Å². The zero-order valence-corrected chi connectivity index (χ0v) is 12.9. The Morgan fingerprint density at radius 1 is 1.39 bits per heavy atom. The fourth-order valence-electron chi connectivity index (χ4n) is 2.29. The van der Waals surface area contributed by atoms with Crippen LogP contribution in [-0.4, -0.2) is 48.6 Å². The molecule has 3 atom stereocenters. The summed E-state index contributed by atoms with van der Waals surface area (Å²) in [5, 5.41) is 10.8. The number of nitrogens with one attached hydrogen (secondary N) is 1. The Morgan fingerprint density at radius 2 is 2.13 bits per heavy atom. The molecule has 126 valence electrons. The van der Waals surface area contributed by atoms with Crippen molar-refractivity contribution in [2.75, 3.05) is 13.2 Å². The fourth-order valence-corrected chi connectivity index (χ4v) is 2.29. The van der Waals surface area contributed by atoms with Gasteiger partial charge in [0, 0.05) is 13.0 Å². The van der Waals surface area contributed by atoms with Crippen molar-refractivity contribution >= 4 is 12.1 Å². The van der Waals surface area contributed by atoms with E-state index in [1.807, 2.05) is 30.3 Å². The third-order valence-electron chi connectivity index (χ3n) is 3.55. The number of hydrogen-bond acceptors (Lipinski definition) is 5. The fraction of sp³-hybridized carbons (Fsp3) is 0.500. The maximum absolute atomic E-state index is 12.0. The molecule has 1 aromatic rings. The van der Waals surface area contributed by atoms with Gasteiger partial charge in [0.05, 0.1) is 19.3 Å². The summed E-state index contributed by atoms with van der Waals surface area (Å²) in [6.07, 6.45) is -1.55. The third-order valence-corrected chi connectivity index (χ3v) is 3.55. The zero-order valence-electron chi connectivity index (χ0n) is 12.9. The molecule has 2 N–H and O–H groups in total. The zero-order chi connectivity index (χ0) is 16.7. The second kappa shape index (κ2) is 8.50. The number of hydrogen-bond donors (Lipinski definition) is 2. The van der Waals surface area contributed by atoms with Crippen LogP contribution >= 0.6 is 0 Å². The van der Waals surface area contributed by atoms with E-state index in [1.165, 1.54) is 0 Å². The van der Waals surface area contributed by atoms with Crippen molar-refractivity contribution in [1.29, 1.82) is 0 Å². The van der Waals surface area contributed by atoms with Gasteiger partial charge in [-0.05, 0) is 12.5 Å². The lowest BCUT2D eigenvalue weighted by molar-refractivity contribution is -0.158. The van der Waals surface area contributed by atoms with Gasteiger partial charge in [0.1, 0.15) is 6.10 Å². The Kier molecular flexibility index (Phi) is 6.37. The number of carbonyl (C=O) groups is 2. The summed E-state index contributed by atoms with van der Waals surface area (Å²) < 4.78 is 16.5. The van der Waals surface area contributed by atoms with Crippen molar-refractivity contribution in [2.45, 2.75) is 38.2 Å². The van der Waals surface area contributed by atoms with Gasteiger partial charge in [0.15, 0.2) is 6.04 Å². The van der Waals surface area contributed by atoms with Gasteiger partial charge in [-0.25, -0.2) is 9.59 Å². The van der Waals surface area contributed by atoms with Crippen LogP contribution in [0.3, 0.4) is 0 Å². The van der Waals surface area contributed by atoms with Gasteiger partial charge in [-0.1, -0.05) is 30.3 Å². The maximum atomic E-state index is 12.0. The molecule has 1 aliphatic rings. The van der Waals surface area contributed by atoms with Gasteiger partial charge in [-0.3, -0.25) is 0 Å². The molecule has 7 nitrogen and oxygen atoms in total. The lowest BCUT2D eigenvalue weighted by Gasteiger charge is -2.24. The van der Waals surface area contributed by atoms with Gasteiger partial charge in [-0.15, -0.1) is 0 Å². The number of amides is 1. The predicted octanol–water partition coefficient (Wildman–Crippen LogP) is 1.56. The molecule has 0 saturated carbocycles. The standard InChI is InChI=1S/C16H21NO6/c1-11-14(22-9-12-5-3-2-4-6-12)7-8-21-10-13(15(18)23-11)17-16(19)20/h2-6,11,13-14,17H,7-10H2,1H3,(H,19,20)/t11?,13-,14?/m0/s1. The molecule has 0 aliphatic carbocycles. The van der Waals surface area contributed by atoms with Gasteiger partial charge in [-0.2, -0.15) is 0 Å². The predicted molar refractivity (Wildman–Crippen MR) is 81.0 cm³/mol. The number of carboxylic acid groups (broad SMARTS) is 1. The normalized spacial score (nSPS) is 25.6. The van der Waals surface area contributed by atoms with Crippen LogP contribution in [0.4, 0.5) is 4.79 Å². The Bertz CT molecular complexity index is 521. The largest absolute Gasteiger partial charge is 0.465 e. The van der Waals surface area contributed by atoms with E-state index in [2.05, 4.69) is 5.32 Å². The highest BCUT2D eigenvalue weighted by molar-refractivity contribution is 5.81. The van der Waals surface area contributed by atoms with Crippen molar-refractivity contribution in [3.8, 4) is 0 Å². The summed E-state index contributed by atoms with van der Waals surface area (Å²) in [6, 6.07) is 8.66. The number of esters is 1. The number of rotatable bonds is 4. The van der Waals surface area contributed by atoms with E-state index in [0.717, 1.165) is 5.56 Å². The number of carbonyl (C=O) groups excluding carboxylic acids is 1. The SMILES string of the molecule is CC1OC(=O)[C@@H](NC(=O)O)COCCC1OCc1ccccc1. The number of cyclic esters (lactones) is 1. The Morgan fingerprint density at radius 3 is 2.83 bits per heavy atom. The molecular weight excluding hydrogens is 302 g/mol. The lowest BCUT2D eigenvalue weighted by atomic mass is 10.1. The highest BCUT2D eigenvalue weighted by atomic mass is 16.6. The summed E-state index contributed by atoms with van der Waals surface area (Å²) in [5.41, 5.74) is 1.03. The van der Waals surface area contributed by atoms with Crippen LogP contribution in [0.5, 0.6) is 0 Å². The first-order chi connectivity index (χ1) is 11.1. The molecular formula is C16H21NO6. The highest BCUT2D eigenvalue weighted by Crippen LogP contribution is 2.15. The van der Waals surface area contributed by atoms with Crippen molar-refractivity contribution in [3.05, 3.63) is 35.9 Å². The van der Waals surface area contributed by atoms with Crippen molar-refractivity contribution < 1.29 is 28.9 Å². The summed E-state index contributed by atoms with van der Waals surface area (Å²) in [4.78, 5) is 22.7. The second-order valence-electron chi connectivity index (χ2n) is 5.34. The van der Waals surface area contributed by atoms with E-state index in [0.29, 0.717) is 19.6 Å². The molecule has 23 heavy (non-hydrogen) atoms. The molecule has 1 heterocycles. The molecule has 0 spiro atoms. The molecule has 0 bridgehead atoms. The van der Waals surface area contributed by atoms with Crippen LogP contribution < -0.4 is 5.32 Å². The van der Waals surface area contributed by atoms with Crippen LogP contribution in [-0.2, 0) is 25.6 Å². The van der Waals surface area contributed by atoms with E-state index in [9.17, 15) is 9.59 Å². The van der Waals surface area contributed by atoms with Crippen LogP contribution in [0.25, 0.3) is 0 Å². The van der Waals surface area contributed by atoms with E-state index in [-0.39, 0.29) is 12.7 Å². The number of benzene rings is 1. The van der Waals surface area contributed by atoms with E-state index in [1.54, 1.807) is 6.92 Å². The molecule has 1 fully saturated rings. The van der Waals surface area contributed by atoms with E-state index < -0.39 is 24.2 Å². The van der Waals surface area contributed by atoms with Crippen molar-refractivity contribution in [3.63, 3.8) is 0 Å². The average Bonchev–Trinajstić information content (AvgIpc) is 2.58. The summed E-state index contributed by atoms with van der Waals surface area (Å²) in [5.74, 6) is -0.657. The first-order valence-electron chi connectivity index (χ1n) is 7.49. The molecule has 0 radical (unpaired) electrons. The number of ether oxygens (including phenoxy) is 3. The van der Waals surface area contributed by atoms with Crippen molar-refractivity contribution in [1.82, 2.24) is 5.32 Å². The highest BCUT2D eigenvalue weighted by Gasteiger charge is 2.30. The second-order valence-corrected chi connectivity index (χ2v) is 5.34. The van der Waals surface area contributed by atoms with Crippen LogP contribution in [0, 0.1) is 0 Å². The lowest BCUT2D eigenvalue weighted by Crippen LogP contribution is -2.45. The first kappa shape index (κ1) is 17.2. The smallest absolute Gasteiger partial charge is 0.405 e. The quantitative estimate of drug-likeness (QED) is 0.817. The molecule has 2 rings (SSSR count). The molecule has 1 saturated heterocycles. The minimum atomic E-state index is -1.29. The van der Waals surface area contributed by atoms with E-state index >= 15 is 0 Å². The minimum absolute atomic E-state index is 0.0523. The topological polar surface area (TPSA) is 94.1 Å². The van der Waals surface area contributed by atoms with Crippen molar-refractivity contribution in [2.24, 2.45) is 0 Å². The summed E-state index contributed by atoms with van der Waals surface area (Å²) in [6.45, 7) is 2.45. The molecule has 1 amide bonds. The van der Waals surface area contributed by atoms with Crippen LogP contribution in [0.2, 0.25) is 0 Å². The minimum Gasteiger partial charge on any atom is -0.465 e. The third kappa shape index (κ3) is 5.54. The van der Waals surface area contributed by atoms with Gasteiger partial charge in [0.2, 0.25) is 0 Å². The summed E-state index contributed by atoms with van der Waals surface area (Å²) >= 11 is 0. The van der Waals surface area contributed by atoms with Crippen LogP contribution in [0.15, 0.2) is 30.3 Å². The maximum Gasteiger partial charge on any atom is 0.405 e. The average molecular weight is 323 g/mol. The van der Waals surface area contributed by atoms with E-state index in [4.69, 9.17) is 19.3 Å². The van der Waals surface area contributed by atoms with Gasteiger partial charge < -0.3 is 24.6 Å². The molecule has 1 aromatic carbocycles. The van der Waals surface area contributed by atoms with Crippen LogP contribution in [0.1, 0.15) is 18.9 Å². The molecule has 7 heteroatoms. The monoisotopic (exact) mass is 323 g/mol. The first-order valence-corrected chi connectivity index (χ1v) is 7.49. The molecule has 1 aliphatic heterocycles. The van der Waals surface area contributed by atoms with Gasteiger partial charge in [0.25, 0.3) is 0 Å². The summed E-state index contributed by atoms with van der Waals surface area (Å²) in [7, 11) is 0. The molecule has 2 unspecified atom stereocenters. The molecule has 0 aromatic heterocycles.